The molecule has 0 radical (unpaired) electrons. The SMILES string of the molecule is CC(C)(C)NCc1nnnn1C1CCCCCCC1. The minimum Gasteiger partial charge on any atom is -0.305 e. The zero-order valence-electron chi connectivity index (χ0n) is 12.5. The van der Waals surface area contributed by atoms with Crippen LogP contribution in [0.3, 0.4) is 0 Å². The quantitative estimate of drug-likeness (QED) is 0.913. The second kappa shape index (κ2) is 6.46. The molecular formula is C14H27N5. The number of aromatic nitrogens is 4. The Labute approximate surface area is 116 Å². The Morgan fingerprint density at radius 3 is 2.37 bits per heavy atom. The van der Waals surface area contributed by atoms with Crippen LogP contribution in [0.25, 0.3) is 0 Å². The molecule has 1 aliphatic rings. The van der Waals surface area contributed by atoms with Crippen molar-refractivity contribution in [2.24, 2.45) is 0 Å². The van der Waals surface area contributed by atoms with Gasteiger partial charge in [-0.05, 0) is 44.0 Å². The summed E-state index contributed by atoms with van der Waals surface area (Å²) in [5, 5.41) is 15.8. The molecule has 5 nitrogen and oxygen atoms in total. The van der Waals surface area contributed by atoms with Crippen LogP contribution >= 0.6 is 0 Å². The molecule has 108 valence electrons. The van der Waals surface area contributed by atoms with Crippen LogP contribution in [-0.2, 0) is 6.54 Å². The van der Waals surface area contributed by atoms with E-state index in [4.69, 9.17) is 0 Å². The van der Waals surface area contributed by atoms with Crippen molar-refractivity contribution >= 4 is 0 Å². The fourth-order valence-corrected chi connectivity index (χ4v) is 2.64. The van der Waals surface area contributed by atoms with E-state index in [1.165, 1.54) is 44.9 Å². The van der Waals surface area contributed by atoms with E-state index in [1.54, 1.807) is 0 Å². The molecule has 0 aliphatic heterocycles. The van der Waals surface area contributed by atoms with E-state index in [-0.39, 0.29) is 5.54 Å². The number of hydrogen-bond donors (Lipinski definition) is 1. The Hall–Kier alpha value is -0.970. The molecule has 1 fully saturated rings. The first-order valence-electron chi connectivity index (χ1n) is 7.58. The molecule has 0 spiro atoms. The van der Waals surface area contributed by atoms with Crippen LogP contribution in [0.15, 0.2) is 0 Å². The van der Waals surface area contributed by atoms with Crippen LogP contribution in [0.2, 0.25) is 0 Å². The number of nitrogens with zero attached hydrogens (tertiary/aromatic N) is 4. The maximum absolute atomic E-state index is 4.23. The van der Waals surface area contributed by atoms with Gasteiger partial charge in [-0.3, -0.25) is 0 Å². The van der Waals surface area contributed by atoms with Crippen molar-refractivity contribution in [2.45, 2.75) is 83.8 Å². The predicted molar refractivity (Wildman–Crippen MR) is 75.8 cm³/mol. The van der Waals surface area contributed by atoms with Gasteiger partial charge >= 0.3 is 0 Å². The third kappa shape index (κ3) is 4.56. The van der Waals surface area contributed by atoms with Crippen LogP contribution in [-0.4, -0.2) is 25.7 Å². The van der Waals surface area contributed by atoms with Crippen LogP contribution < -0.4 is 5.32 Å². The Bertz CT molecular complexity index is 371. The lowest BCUT2D eigenvalue weighted by Crippen LogP contribution is -2.36. The van der Waals surface area contributed by atoms with Gasteiger partial charge in [0, 0.05) is 5.54 Å². The lowest BCUT2D eigenvalue weighted by molar-refractivity contribution is 0.325. The van der Waals surface area contributed by atoms with E-state index in [0.717, 1.165) is 12.4 Å². The molecule has 2 rings (SSSR count). The Morgan fingerprint density at radius 1 is 1.11 bits per heavy atom. The van der Waals surface area contributed by atoms with E-state index in [0.29, 0.717) is 6.04 Å². The average molecular weight is 265 g/mol. The Morgan fingerprint density at radius 2 is 1.74 bits per heavy atom. The minimum absolute atomic E-state index is 0.0950. The molecular weight excluding hydrogens is 238 g/mol. The van der Waals surface area contributed by atoms with Gasteiger partial charge in [0.1, 0.15) is 0 Å². The molecule has 1 aromatic rings. The molecule has 0 saturated heterocycles. The highest BCUT2D eigenvalue weighted by atomic mass is 15.6. The van der Waals surface area contributed by atoms with E-state index >= 15 is 0 Å². The standard InChI is InChI=1S/C14H27N5/c1-14(2,3)15-11-13-16-17-18-19(13)12-9-7-5-4-6-8-10-12/h12,15H,4-11H2,1-3H3. The van der Waals surface area contributed by atoms with Crippen LogP contribution in [0.4, 0.5) is 0 Å². The molecule has 0 unspecified atom stereocenters. The van der Waals surface area contributed by atoms with Gasteiger partial charge in [0.2, 0.25) is 0 Å². The van der Waals surface area contributed by atoms with Gasteiger partial charge in [0.25, 0.3) is 0 Å². The molecule has 1 aromatic heterocycles. The maximum atomic E-state index is 4.23. The third-order valence-electron chi connectivity index (χ3n) is 3.76. The summed E-state index contributed by atoms with van der Waals surface area (Å²) in [6.45, 7) is 7.23. The summed E-state index contributed by atoms with van der Waals surface area (Å²) < 4.78 is 2.06. The van der Waals surface area contributed by atoms with Crippen molar-refractivity contribution in [3.8, 4) is 0 Å². The summed E-state index contributed by atoms with van der Waals surface area (Å²) in [4.78, 5) is 0. The predicted octanol–water partition coefficient (Wildman–Crippen LogP) is 2.85. The van der Waals surface area contributed by atoms with Crippen LogP contribution in [0.5, 0.6) is 0 Å². The first kappa shape index (κ1) is 14.4. The van der Waals surface area contributed by atoms with E-state index < -0.39 is 0 Å². The lowest BCUT2D eigenvalue weighted by atomic mass is 9.97. The molecule has 1 aliphatic carbocycles. The number of tetrazole rings is 1. The minimum atomic E-state index is 0.0950. The second-order valence-electron chi connectivity index (χ2n) is 6.64. The first-order valence-corrected chi connectivity index (χ1v) is 7.58. The van der Waals surface area contributed by atoms with Crippen molar-refractivity contribution in [2.75, 3.05) is 0 Å². The van der Waals surface area contributed by atoms with E-state index in [9.17, 15) is 0 Å². The van der Waals surface area contributed by atoms with Gasteiger partial charge in [-0.1, -0.05) is 32.1 Å². The molecule has 1 N–H and O–H groups in total. The average Bonchev–Trinajstić information content (AvgIpc) is 2.73. The Balaban J connectivity index is 2.00. The number of nitrogens with one attached hydrogen (secondary N) is 1. The highest BCUT2D eigenvalue weighted by molar-refractivity contribution is 4.87. The molecule has 0 amide bonds. The summed E-state index contributed by atoms with van der Waals surface area (Å²) in [6, 6.07) is 0.493. The molecule has 0 bridgehead atoms. The van der Waals surface area contributed by atoms with E-state index in [2.05, 4.69) is 46.3 Å². The molecule has 1 saturated carbocycles. The van der Waals surface area contributed by atoms with Crippen molar-refractivity contribution < 1.29 is 0 Å². The van der Waals surface area contributed by atoms with Crippen molar-refractivity contribution in [3.63, 3.8) is 0 Å². The van der Waals surface area contributed by atoms with Crippen molar-refractivity contribution in [3.05, 3.63) is 5.82 Å². The summed E-state index contributed by atoms with van der Waals surface area (Å²) in [7, 11) is 0. The monoisotopic (exact) mass is 265 g/mol. The van der Waals surface area contributed by atoms with Crippen molar-refractivity contribution in [1.29, 1.82) is 0 Å². The van der Waals surface area contributed by atoms with Crippen LogP contribution in [0, 0.1) is 0 Å². The fraction of sp³-hybridized carbons (Fsp3) is 0.929. The topological polar surface area (TPSA) is 55.6 Å². The largest absolute Gasteiger partial charge is 0.305 e. The normalized spacial score (nSPS) is 19.1. The maximum Gasteiger partial charge on any atom is 0.165 e. The summed E-state index contributed by atoms with van der Waals surface area (Å²) in [5.74, 6) is 0.973. The van der Waals surface area contributed by atoms with Gasteiger partial charge in [0.05, 0.1) is 12.6 Å². The third-order valence-corrected chi connectivity index (χ3v) is 3.76. The zero-order chi connectivity index (χ0) is 13.7. The molecule has 5 heteroatoms. The van der Waals surface area contributed by atoms with E-state index in [1.807, 2.05) is 0 Å². The van der Waals surface area contributed by atoms with Gasteiger partial charge in [-0.15, -0.1) is 5.10 Å². The van der Waals surface area contributed by atoms with Gasteiger partial charge in [-0.2, -0.15) is 0 Å². The summed E-state index contributed by atoms with van der Waals surface area (Å²) in [5.41, 5.74) is 0.0950. The lowest BCUT2D eigenvalue weighted by Gasteiger charge is -2.23. The van der Waals surface area contributed by atoms with Gasteiger partial charge in [0.15, 0.2) is 5.82 Å². The second-order valence-corrected chi connectivity index (χ2v) is 6.64. The Kier molecular flexibility index (Phi) is 4.91. The highest BCUT2D eigenvalue weighted by Crippen LogP contribution is 2.26. The first-order chi connectivity index (χ1) is 9.06. The zero-order valence-corrected chi connectivity index (χ0v) is 12.5. The molecule has 1 heterocycles. The highest BCUT2D eigenvalue weighted by Gasteiger charge is 2.19. The summed E-state index contributed by atoms with van der Waals surface area (Å²) >= 11 is 0. The fourth-order valence-electron chi connectivity index (χ4n) is 2.64. The number of hydrogen-bond acceptors (Lipinski definition) is 4. The van der Waals surface area contributed by atoms with Crippen molar-refractivity contribution in [1.82, 2.24) is 25.5 Å². The molecule has 0 atom stereocenters. The van der Waals surface area contributed by atoms with Gasteiger partial charge < -0.3 is 5.32 Å². The smallest absolute Gasteiger partial charge is 0.165 e. The summed E-state index contributed by atoms with van der Waals surface area (Å²) in [6.07, 6.45) is 9.14. The number of rotatable bonds is 3. The molecule has 0 aromatic carbocycles. The van der Waals surface area contributed by atoms with Crippen LogP contribution in [0.1, 0.15) is 77.6 Å². The molecule has 19 heavy (non-hydrogen) atoms. The van der Waals surface area contributed by atoms with Gasteiger partial charge in [-0.25, -0.2) is 4.68 Å².